The van der Waals surface area contributed by atoms with E-state index in [0.717, 1.165) is 9.75 Å². The minimum atomic E-state index is 0.0503. The van der Waals surface area contributed by atoms with Crippen LogP contribution in [0.5, 0.6) is 0 Å². The van der Waals surface area contributed by atoms with Crippen LogP contribution >= 0.6 is 11.3 Å². The monoisotopic (exact) mass is 206 g/mol. The molecule has 72 valence electrons. The molecule has 0 aliphatic heterocycles. The number of aryl methyl sites for hydroxylation is 2. The molecule has 3 heteroatoms. The van der Waals surface area contributed by atoms with Crippen molar-refractivity contribution in [3.8, 4) is 0 Å². The summed E-state index contributed by atoms with van der Waals surface area (Å²) in [7, 11) is 0. The maximum Gasteiger partial charge on any atom is 0.206 e. The van der Waals surface area contributed by atoms with Crippen LogP contribution in [0.1, 0.15) is 25.9 Å². The number of hydrogen-bond acceptors (Lipinski definition) is 3. The van der Waals surface area contributed by atoms with Crippen molar-refractivity contribution in [1.29, 1.82) is 0 Å². The SMILES string of the molecule is Cc1ccc(C(=O)c2ccoc2C)s1. The molecule has 0 aromatic carbocycles. The molecule has 2 aromatic heterocycles. The Labute approximate surface area is 86.2 Å². The third kappa shape index (κ3) is 1.51. The van der Waals surface area contributed by atoms with Crippen LogP contribution in [0.15, 0.2) is 28.9 Å². The van der Waals surface area contributed by atoms with Crippen LogP contribution in [-0.4, -0.2) is 5.78 Å². The first-order valence-electron chi connectivity index (χ1n) is 4.33. The lowest BCUT2D eigenvalue weighted by Crippen LogP contribution is -1.97. The largest absolute Gasteiger partial charge is 0.469 e. The minimum absolute atomic E-state index is 0.0503. The van der Waals surface area contributed by atoms with E-state index in [1.54, 1.807) is 19.3 Å². The minimum Gasteiger partial charge on any atom is -0.469 e. The average molecular weight is 206 g/mol. The number of furan rings is 1. The Bertz CT molecular complexity index is 465. The number of thiophene rings is 1. The zero-order valence-electron chi connectivity index (χ0n) is 8.03. The molecule has 0 atom stereocenters. The molecule has 0 saturated carbocycles. The standard InChI is InChI=1S/C11H10O2S/c1-7-3-4-10(14-7)11(12)9-5-6-13-8(9)2/h3-6H,1-2H3. The van der Waals surface area contributed by atoms with Gasteiger partial charge < -0.3 is 4.42 Å². The van der Waals surface area contributed by atoms with Crippen molar-refractivity contribution in [2.45, 2.75) is 13.8 Å². The van der Waals surface area contributed by atoms with Gasteiger partial charge in [-0.1, -0.05) is 0 Å². The van der Waals surface area contributed by atoms with E-state index >= 15 is 0 Å². The summed E-state index contributed by atoms with van der Waals surface area (Å²) in [6.07, 6.45) is 1.54. The molecule has 0 unspecified atom stereocenters. The molecule has 2 heterocycles. The van der Waals surface area contributed by atoms with Gasteiger partial charge in [0.15, 0.2) is 0 Å². The van der Waals surface area contributed by atoms with E-state index < -0.39 is 0 Å². The summed E-state index contributed by atoms with van der Waals surface area (Å²) in [5.74, 6) is 0.732. The molecule has 2 nitrogen and oxygen atoms in total. The Morgan fingerprint density at radius 2 is 2.07 bits per heavy atom. The van der Waals surface area contributed by atoms with Crippen LogP contribution in [0.3, 0.4) is 0 Å². The molecule has 0 bridgehead atoms. The van der Waals surface area contributed by atoms with E-state index in [1.807, 2.05) is 19.1 Å². The molecule has 0 amide bonds. The van der Waals surface area contributed by atoms with Gasteiger partial charge in [-0.25, -0.2) is 0 Å². The summed E-state index contributed by atoms with van der Waals surface area (Å²) in [5.41, 5.74) is 0.659. The van der Waals surface area contributed by atoms with Gasteiger partial charge in [0.1, 0.15) is 5.76 Å². The maximum atomic E-state index is 11.9. The van der Waals surface area contributed by atoms with Crippen LogP contribution in [-0.2, 0) is 0 Å². The third-order valence-corrected chi connectivity index (χ3v) is 3.07. The van der Waals surface area contributed by atoms with Crippen molar-refractivity contribution >= 4 is 17.1 Å². The molecule has 0 fully saturated rings. The highest BCUT2D eigenvalue weighted by Crippen LogP contribution is 2.21. The molecule has 0 radical (unpaired) electrons. The first kappa shape index (κ1) is 9.21. The Kier molecular flexibility index (Phi) is 2.25. The summed E-state index contributed by atoms with van der Waals surface area (Å²) in [6.45, 7) is 3.79. The fraction of sp³-hybridized carbons (Fsp3) is 0.182. The van der Waals surface area contributed by atoms with Crippen LogP contribution in [0.25, 0.3) is 0 Å². The normalized spacial score (nSPS) is 10.4. The van der Waals surface area contributed by atoms with E-state index in [4.69, 9.17) is 4.42 Å². The zero-order chi connectivity index (χ0) is 10.1. The third-order valence-electron chi connectivity index (χ3n) is 2.07. The Balaban J connectivity index is 2.38. The van der Waals surface area contributed by atoms with Crippen molar-refractivity contribution in [1.82, 2.24) is 0 Å². The lowest BCUT2D eigenvalue weighted by Gasteiger charge is -1.93. The zero-order valence-corrected chi connectivity index (χ0v) is 8.85. The van der Waals surface area contributed by atoms with Gasteiger partial charge in [0.05, 0.1) is 16.7 Å². The summed E-state index contributed by atoms with van der Waals surface area (Å²) < 4.78 is 5.10. The highest BCUT2D eigenvalue weighted by atomic mass is 32.1. The van der Waals surface area contributed by atoms with Crippen molar-refractivity contribution in [3.05, 3.63) is 45.5 Å². The van der Waals surface area contributed by atoms with Gasteiger partial charge in [0, 0.05) is 4.88 Å². The number of carbonyl (C=O) groups is 1. The second-order valence-corrected chi connectivity index (χ2v) is 4.42. The van der Waals surface area contributed by atoms with Gasteiger partial charge in [0.2, 0.25) is 5.78 Å². The van der Waals surface area contributed by atoms with E-state index in [0.29, 0.717) is 11.3 Å². The Morgan fingerprint density at radius 3 is 2.57 bits per heavy atom. The first-order chi connectivity index (χ1) is 6.68. The highest BCUT2D eigenvalue weighted by molar-refractivity contribution is 7.14. The molecule has 2 rings (SSSR count). The molecule has 0 aliphatic carbocycles. The lowest BCUT2D eigenvalue weighted by atomic mass is 10.1. The molecular weight excluding hydrogens is 196 g/mol. The van der Waals surface area contributed by atoms with E-state index in [-0.39, 0.29) is 5.78 Å². The van der Waals surface area contributed by atoms with Crippen molar-refractivity contribution in [2.75, 3.05) is 0 Å². The number of carbonyl (C=O) groups excluding carboxylic acids is 1. The number of rotatable bonds is 2. The molecule has 0 spiro atoms. The maximum absolute atomic E-state index is 11.9. The number of ketones is 1. The molecule has 14 heavy (non-hydrogen) atoms. The summed E-state index contributed by atoms with van der Waals surface area (Å²) in [4.78, 5) is 13.8. The predicted octanol–water partition coefficient (Wildman–Crippen LogP) is 3.19. The Morgan fingerprint density at radius 1 is 1.29 bits per heavy atom. The van der Waals surface area contributed by atoms with Gasteiger partial charge in [-0.05, 0) is 32.0 Å². The van der Waals surface area contributed by atoms with Crippen molar-refractivity contribution in [3.63, 3.8) is 0 Å². The van der Waals surface area contributed by atoms with Gasteiger partial charge >= 0.3 is 0 Å². The van der Waals surface area contributed by atoms with Gasteiger partial charge in [-0.15, -0.1) is 11.3 Å². The quantitative estimate of drug-likeness (QED) is 0.706. The predicted molar refractivity (Wildman–Crippen MR) is 55.9 cm³/mol. The van der Waals surface area contributed by atoms with Crippen LogP contribution in [0.2, 0.25) is 0 Å². The molecule has 0 N–H and O–H groups in total. The van der Waals surface area contributed by atoms with Crippen LogP contribution < -0.4 is 0 Å². The second-order valence-electron chi connectivity index (χ2n) is 3.13. The van der Waals surface area contributed by atoms with Gasteiger partial charge in [0.25, 0.3) is 0 Å². The van der Waals surface area contributed by atoms with E-state index in [9.17, 15) is 4.79 Å². The molecular formula is C11H10O2S. The number of hydrogen-bond donors (Lipinski definition) is 0. The molecule has 2 aromatic rings. The smallest absolute Gasteiger partial charge is 0.206 e. The van der Waals surface area contributed by atoms with Gasteiger partial charge in [-0.2, -0.15) is 0 Å². The van der Waals surface area contributed by atoms with E-state index in [1.165, 1.54) is 11.3 Å². The first-order valence-corrected chi connectivity index (χ1v) is 5.15. The summed E-state index contributed by atoms with van der Waals surface area (Å²) in [6, 6.07) is 5.52. The van der Waals surface area contributed by atoms with Crippen molar-refractivity contribution in [2.24, 2.45) is 0 Å². The topological polar surface area (TPSA) is 30.2 Å². The van der Waals surface area contributed by atoms with Crippen molar-refractivity contribution < 1.29 is 9.21 Å². The van der Waals surface area contributed by atoms with Crippen LogP contribution in [0, 0.1) is 13.8 Å². The lowest BCUT2D eigenvalue weighted by molar-refractivity contribution is 0.104. The fourth-order valence-electron chi connectivity index (χ4n) is 1.31. The highest BCUT2D eigenvalue weighted by Gasteiger charge is 2.14. The fourth-order valence-corrected chi connectivity index (χ4v) is 2.13. The van der Waals surface area contributed by atoms with Gasteiger partial charge in [-0.3, -0.25) is 4.79 Å². The molecule has 0 aliphatic rings. The molecule has 0 saturated heterocycles. The summed E-state index contributed by atoms with van der Waals surface area (Å²) >= 11 is 1.51. The summed E-state index contributed by atoms with van der Waals surface area (Å²) in [5, 5.41) is 0. The van der Waals surface area contributed by atoms with E-state index in [2.05, 4.69) is 0 Å². The Hall–Kier alpha value is -1.35. The van der Waals surface area contributed by atoms with Crippen LogP contribution in [0.4, 0.5) is 0 Å². The second kappa shape index (κ2) is 3.42. The average Bonchev–Trinajstić information content (AvgIpc) is 2.73.